The maximum Gasteiger partial charge on any atom is 0.222 e. The van der Waals surface area contributed by atoms with E-state index >= 15 is 0 Å². The number of nitrogens with zero attached hydrogens (tertiary/aromatic N) is 1. The van der Waals surface area contributed by atoms with Crippen molar-refractivity contribution in [2.24, 2.45) is 0 Å². The van der Waals surface area contributed by atoms with Crippen molar-refractivity contribution < 1.29 is 14.7 Å². The second-order valence-electron chi connectivity index (χ2n) is 5.00. The molecule has 0 atom stereocenters. The summed E-state index contributed by atoms with van der Waals surface area (Å²) in [6, 6.07) is 6.92. The molecule has 0 spiro atoms. The molecular weight excluding hydrogens is 256 g/mol. The van der Waals surface area contributed by atoms with Crippen LogP contribution in [0.15, 0.2) is 24.3 Å². The average molecular weight is 276 g/mol. The van der Waals surface area contributed by atoms with Crippen molar-refractivity contribution >= 4 is 11.8 Å². The number of hydrogen-bond acceptors (Lipinski definition) is 3. The lowest BCUT2D eigenvalue weighted by Gasteiger charge is -2.15. The predicted molar refractivity (Wildman–Crippen MR) is 75.3 cm³/mol. The number of phenols is 1. The molecule has 0 aromatic heterocycles. The van der Waals surface area contributed by atoms with Crippen molar-refractivity contribution in [3.63, 3.8) is 0 Å². The van der Waals surface area contributed by atoms with Crippen molar-refractivity contribution in [1.29, 1.82) is 0 Å². The van der Waals surface area contributed by atoms with E-state index in [0.717, 1.165) is 18.5 Å². The van der Waals surface area contributed by atoms with Gasteiger partial charge in [-0.1, -0.05) is 12.1 Å². The quantitative estimate of drug-likeness (QED) is 0.816. The molecule has 1 heterocycles. The Balaban J connectivity index is 1.64. The molecule has 0 aliphatic carbocycles. The topological polar surface area (TPSA) is 69.6 Å². The molecule has 1 aliphatic heterocycles. The molecule has 1 aromatic carbocycles. The molecule has 5 nitrogen and oxygen atoms in total. The number of aryl methyl sites for hydroxylation is 1. The van der Waals surface area contributed by atoms with Crippen molar-refractivity contribution in [3.05, 3.63) is 29.8 Å². The highest BCUT2D eigenvalue weighted by Gasteiger charge is 2.19. The van der Waals surface area contributed by atoms with Crippen molar-refractivity contribution in [2.45, 2.75) is 25.7 Å². The van der Waals surface area contributed by atoms with Crippen LogP contribution in [-0.2, 0) is 16.0 Å². The SMILES string of the molecule is O=C(CCc1cccc(O)c1)NCCN1CCCC1=O. The lowest BCUT2D eigenvalue weighted by Crippen LogP contribution is -2.35. The van der Waals surface area contributed by atoms with Crippen molar-refractivity contribution in [1.82, 2.24) is 10.2 Å². The van der Waals surface area contributed by atoms with E-state index in [0.29, 0.717) is 32.4 Å². The Kier molecular flexibility index (Phi) is 4.98. The molecule has 0 unspecified atom stereocenters. The normalized spacial score (nSPS) is 14.6. The molecule has 2 rings (SSSR count). The van der Waals surface area contributed by atoms with E-state index in [1.54, 1.807) is 23.1 Å². The third-order valence-electron chi connectivity index (χ3n) is 3.43. The fourth-order valence-corrected chi connectivity index (χ4v) is 2.33. The van der Waals surface area contributed by atoms with Gasteiger partial charge < -0.3 is 15.3 Å². The van der Waals surface area contributed by atoms with Crippen LogP contribution in [0.1, 0.15) is 24.8 Å². The van der Waals surface area contributed by atoms with Gasteiger partial charge in [0.1, 0.15) is 5.75 Å². The van der Waals surface area contributed by atoms with Crippen LogP contribution in [0.3, 0.4) is 0 Å². The van der Waals surface area contributed by atoms with Gasteiger partial charge in [-0.3, -0.25) is 9.59 Å². The van der Waals surface area contributed by atoms with Crippen LogP contribution in [0.5, 0.6) is 5.75 Å². The Morgan fingerprint density at radius 1 is 1.40 bits per heavy atom. The summed E-state index contributed by atoms with van der Waals surface area (Å²) < 4.78 is 0. The lowest BCUT2D eigenvalue weighted by atomic mass is 10.1. The van der Waals surface area contributed by atoms with Crippen LogP contribution in [0.2, 0.25) is 0 Å². The summed E-state index contributed by atoms with van der Waals surface area (Å²) in [4.78, 5) is 24.8. The van der Waals surface area contributed by atoms with Gasteiger partial charge in [-0.15, -0.1) is 0 Å². The third kappa shape index (κ3) is 4.26. The first-order valence-corrected chi connectivity index (χ1v) is 6.97. The maximum absolute atomic E-state index is 11.7. The van der Waals surface area contributed by atoms with Gasteiger partial charge >= 0.3 is 0 Å². The van der Waals surface area contributed by atoms with E-state index in [-0.39, 0.29) is 17.6 Å². The summed E-state index contributed by atoms with van der Waals surface area (Å²) in [6.07, 6.45) is 2.54. The minimum Gasteiger partial charge on any atom is -0.508 e. The number of aromatic hydroxyl groups is 1. The molecule has 2 amide bonds. The molecule has 1 aromatic rings. The molecule has 0 bridgehead atoms. The van der Waals surface area contributed by atoms with Crippen LogP contribution in [0, 0.1) is 0 Å². The summed E-state index contributed by atoms with van der Waals surface area (Å²) >= 11 is 0. The number of carbonyl (C=O) groups excluding carboxylic acids is 2. The number of nitrogens with one attached hydrogen (secondary N) is 1. The van der Waals surface area contributed by atoms with Gasteiger partial charge in [0.2, 0.25) is 11.8 Å². The Bertz CT molecular complexity index is 488. The smallest absolute Gasteiger partial charge is 0.222 e. The highest BCUT2D eigenvalue weighted by Crippen LogP contribution is 2.12. The minimum absolute atomic E-state index is 0.0278. The van der Waals surface area contributed by atoms with E-state index in [1.165, 1.54) is 0 Å². The molecule has 5 heteroatoms. The molecule has 0 saturated carbocycles. The number of amides is 2. The van der Waals surface area contributed by atoms with Gasteiger partial charge in [0.15, 0.2) is 0 Å². The number of hydrogen-bond donors (Lipinski definition) is 2. The fourth-order valence-electron chi connectivity index (χ4n) is 2.33. The maximum atomic E-state index is 11.7. The van der Waals surface area contributed by atoms with Gasteiger partial charge in [0.25, 0.3) is 0 Å². The summed E-state index contributed by atoms with van der Waals surface area (Å²) in [6.45, 7) is 1.90. The van der Waals surface area contributed by atoms with Crippen LogP contribution >= 0.6 is 0 Å². The summed E-state index contributed by atoms with van der Waals surface area (Å²) in [7, 11) is 0. The number of benzene rings is 1. The standard InChI is InChI=1S/C15H20N2O3/c18-13-4-1-3-12(11-13)6-7-14(19)16-8-10-17-9-2-5-15(17)20/h1,3-4,11,18H,2,5-10H2,(H,16,19). The molecule has 20 heavy (non-hydrogen) atoms. The van der Waals surface area contributed by atoms with Gasteiger partial charge in [-0.2, -0.15) is 0 Å². The molecule has 0 radical (unpaired) electrons. The third-order valence-corrected chi connectivity index (χ3v) is 3.43. The molecule has 1 saturated heterocycles. The second-order valence-corrected chi connectivity index (χ2v) is 5.00. The summed E-state index contributed by atoms with van der Waals surface area (Å²) in [5.41, 5.74) is 0.940. The van der Waals surface area contributed by atoms with Crippen LogP contribution in [-0.4, -0.2) is 41.5 Å². The Morgan fingerprint density at radius 3 is 2.95 bits per heavy atom. The van der Waals surface area contributed by atoms with E-state index in [1.807, 2.05) is 6.07 Å². The number of rotatable bonds is 6. The van der Waals surface area contributed by atoms with Crippen LogP contribution in [0.25, 0.3) is 0 Å². The number of carbonyl (C=O) groups is 2. The summed E-state index contributed by atoms with van der Waals surface area (Å²) in [5.74, 6) is 0.370. The second kappa shape index (κ2) is 6.93. The largest absolute Gasteiger partial charge is 0.508 e. The number of phenolic OH excluding ortho intramolecular Hbond substituents is 1. The van der Waals surface area contributed by atoms with Crippen molar-refractivity contribution in [2.75, 3.05) is 19.6 Å². The first kappa shape index (κ1) is 14.4. The lowest BCUT2D eigenvalue weighted by molar-refractivity contribution is -0.128. The highest BCUT2D eigenvalue weighted by atomic mass is 16.3. The van der Waals surface area contributed by atoms with Gasteiger partial charge in [0, 0.05) is 32.5 Å². The Hall–Kier alpha value is -2.04. The van der Waals surface area contributed by atoms with E-state index in [4.69, 9.17) is 0 Å². The first-order valence-electron chi connectivity index (χ1n) is 6.97. The van der Waals surface area contributed by atoms with Crippen molar-refractivity contribution in [3.8, 4) is 5.75 Å². The van der Waals surface area contributed by atoms with Crippen LogP contribution < -0.4 is 5.32 Å². The Morgan fingerprint density at radius 2 is 2.25 bits per heavy atom. The van der Waals surface area contributed by atoms with Gasteiger partial charge in [0.05, 0.1) is 0 Å². The van der Waals surface area contributed by atoms with Gasteiger partial charge in [-0.25, -0.2) is 0 Å². The average Bonchev–Trinajstić information content (AvgIpc) is 2.82. The molecule has 1 fully saturated rings. The monoisotopic (exact) mass is 276 g/mol. The zero-order chi connectivity index (χ0) is 14.4. The highest BCUT2D eigenvalue weighted by molar-refractivity contribution is 5.78. The Labute approximate surface area is 118 Å². The van der Waals surface area contributed by atoms with Crippen LogP contribution in [0.4, 0.5) is 0 Å². The molecular formula is C15H20N2O3. The van der Waals surface area contributed by atoms with E-state index in [2.05, 4.69) is 5.32 Å². The predicted octanol–water partition coefficient (Wildman–Crippen LogP) is 1.06. The first-order chi connectivity index (χ1) is 9.65. The fraction of sp³-hybridized carbons (Fsp3) is 0.467. The van der Waals surface area contributed by atoms with E-state index in [9.17, 15) is 14.7 Å². The molecule has 1 aliphatic rings. The van der Waals surface area contributed by atoms with Gasteiger partial charge in [-0.05, 0) is 30.5 Å². The summed E-state index contributed by atoms with van der Waals surface area (Å²) in [5, 5.41) is 12.1. The minimum atomic E-state index is -0.0278. The van der Waals surface area contributed by atoms with E-state index < -0.39 is 0 Å². The molecule has 108 valence electrons. The number of likely N-dealkylation sites (tertiary alicyclic amines) is 1. The molecule has 2 N–H and O–H groups in total. The zero-order valence-electron chi connectivity index (χ0n) is 11.5. The zero-order valence-corrected chi connectivity index (χ0v) is 11.5.